The predicted molar refractivity (Wildman–Crippen MR) is 89.1 cm³/mol. The third kappa shape index (κ3) is 4.75. The molecule has 2 aromatic rings. The maximum atomic E-state index is 13.7. The molecule has 128 valence electrons. The summed E-state index contributed by atoms with van der Waals surface area (Å²) in [7, 11) is 0. The Morgan fingerprint density at radius 3 is 2.60 bits per heavy atom. The molecule has 0 saturated heterocycles. The topological polar surface area (TPSA) is 108 Å². The highest BCUT2D eigenvalue weighted by atomic mass is 19.1. The van der Waals surface area contributed by atoms with Gasteiger partial charge in [0.15, 0.2) is 0 Å². The first-order valence-corrected chi connectivity index (χ1v) is 7.43. The highest BCUT2D eigenvalue weighted by Gasteiger charge is 2.17. The van der Waals surface area contributed by atoms with E-state index in [4.69, 9.17) is 5.26 Å². The number of hydrogen-bond acceptors (Lipinski definition) is 5. The number of rotatable bonds is 7. The lowest BCUT2D eigenvalue weighted by Crippen LogP contribution is -2.29. The van der Waals surface area contributed by atoms with E-state index >= 15 is 0 Å². The van der Waals surface area contributed by atoms with Crippen molar-refractivity contribution in [1.82, 2.24) is 5.32 Å². The van der Waals surface area contributed by atoms with Gasteiger partial charge in [-0.1, -0.05) is 30.3 Å². The predicted octanol–water partition coefficient (Wildman–Crippen LogP) is 2.92. The first-order chi connectivity index (χ1) is 12.0. The molecular weight excluding hydrogens is 327 g/mol. The van der Waals surface area contributed by atoms with Crippen LogP contribution in [0.3, 0.4) is 0 Å². The van der Waals surface area contributed by atoms with Crippen molar-refractivity contribution in [2.24, 2.45) is 0 Å². The summed E-state index contributed by atoms with van der Waals surface area (Å²) in [4.78, 5) is 22.3. The number of nitro groups is 1. The number of carbonyl (C=O) groups is 1. The third-order valence-electron chi connectivity index (χ3n) is 3.42. The second kappa shape index (κ2) is 8.40. The van der Waals surface area contributed by atoms with Gasteiger partial charge in [0.05, 0.1) is 11.0 Å². The van der Waals surface area contributed by atoms with Crippen molar-refractivity contribution in [3.05, 3.63) is 70.0 Å². The van der Waals surface area contributed by atoms with Crippen LogP contribution in [0.2, 0.25) is 0 Å². The lowest BCUT2D eigenvalue weighted by Gasteiger charge is -2.13. The van der Waals surface area contributed by atoms with E-state index in [0.29, 0.717) is 5.69 Å². The molecule has 0 aliphatic heterocycles. The fourth-order valence-electron chi connectivity index (χ4n) is 2.21. The molecule has 2 rings (SSSR count). The summed E-state index contributed by atoms with van der Waals surface area (Å²) in [5.41, 5.74) is 0.292. The van der Waals surface area contributed by atoms with Crippen molar-refractivity contribution in [3.63, 3.8) is 0 Å². The van der Waals surface area contributed by atoms with Crippen LogP contribution in [0, 0.1) is 27.3 Å². The summed E-state index contributed by atoms with van der Waals surface area (Å²) < 4.78 is 13.7. The van der Waals surface area contributed by atoms with Gasteiger partial charge in [-0.05, 0) is 12.1 Å². The maximum absolute atomic E-state index is 13.7. The molecule has 0 saturated carbocycles. The minimum Gasteiger partial charge on any atom is -0.379 e. The highest BCUT2D eigenvalue weighted by molar-refractivity contribution is 5.77. The number of amides is 1. The maximum Gasteiger partial charge on any atom is 0.292 e. The Balaban J connectivity index is 1.92. The van der Waals surface area contributed by atoms with E-state index in [2.05, 4.69) is 10.6 Å². The van der Waals surface area contributed by atoms with E-state index in [1.54, 1.807) is 18.2 Å². The molecule has 2 aromatic carbocycles. The number of nitro benzene ring substituents is 1. The van der Waals surface area contributed by atoms with Crippen LogP contribution < -0.4 is 10.6 Å². The lowest BCUT2D eigenvalue weighted by atomic mass is 10.1. The molecule has 2 N–H and O–H groups in total. The van der Waals surface area contributed by atoms with E-state index in [1.807, 2.05) is 6.07 Å². The summed E-state index contributed by atoms with van der Waals surface area (Å²) in [5.74, 6) is -1.05. The van der Waals surface area contributed by atoms with Crippen molar-refractivity contribution < 1.29 is 14.1 Å². The zero-order chi connectivity index (χ0) is 18.2. The fourth-order valence-corrected chi connectivity index (χ4v) is 2.21. The number of carbonyl (C=O) groups excluding carboxylic acids is 1. The molecule has 0 radical (unpaired) electrons. The van der Waals surface area contributed by atoms with Crippen molar-refractivity contribution >= 4 is 17.3 Å². The molecule has 0 aliphatic rings. The van der Waals surface area contributed by atoms with Gasteiger partial charge in [0, 0.05) is 24.6 Å². The summed E-state index contributed by atoms with van der Waals surface area (Å²) >= 11 is 0. The average Bonchev–Trinajstić information content (AvgIpc) is 2.60. The van der Waals surface area contributed by atoms with Gasteiger partial charge in [-0.3, -0.25) is 14.9 Å². The number of nitriles is 1. The number of nitrogens with one attached hydrogen (secondary N) is 2. The monoisotopic (exact) mass is 342 g/mol. The average molecular weight is 342 g/mol. The van der Waals surface area contributed by atoms with Gasteiger partial charge < -0.3 is 10.6 Å². The Labute approximate surface area is 143 Å². The second-order valence-electron chi connectivity index (χ2n) is 5.10. The highest BCUT2D eigenvalue weighted by Crippen LogP contribution is 2.23. The molecular formula is C17H15FN4O3. The zero-order valence-corrected chi connectivity index (χ0v) is 13.1. The fraction of sp³-hybridized carbons (Fsp3) is 0.176. The largest absolute Gasteiger partial charge is 0.379 e. The number of hydrogen-bond donors (Lipinski definition) is 2. The van der Waals surface area contributed by atoms with Crippen LogP contribution >= 0.6 is 0 Å². The molecule has 7 nitrogen and oxygen atoms in total. The van der Waals surface area contributed by atoms with Gasteiger partial charge in [-0.2, -0.15) is 5.26 Å². The smallest absolute Gasteiger partial charge is 0.292 e. The van der Waals surface area contributed by atoms with Crippen LogP contribution in [0.25, 0.3) is 0 Å². The molecule has 1 amide bonds. The SMILES string of the molecule is N#C[C@@H](NC(=O)CCNc1ccccc1[N+](=O)[O-])c1ccccc1F. The Morgan fingerprint density at radius 1 is 1.24 bits per heavy atom. The van der Waals surface area contributed by atoms with E-state index in [1.165, 1.54) is 30.3 Å². The minimum absolute atomic E-state index is 0.0291. The Hall–Kier alpha value is -3.47. The first kappa shape index (κ1) is 17.9. The molecule has 1 atom stereocenters. The Bertz CT molecular complexity index is 820. The second-order valence-corrected chi connectivity index (χ2v) is 5.10. The summed E-state index contributed by atoms with van der Waals surface area (Å²) in [6, 6.07) is 12.5. The molecule has 0 bridgehead atoms. The minimum atomic E-state index is -1.10. The number of benzene rings is 2. The van der Waals surface area contributed by atoms with E-state index in [9.17, 15) is 19.3 Å². The Kier molecular flexibility index (Phi) is 6.01. The van der Waals surface area contributed by atoms with Gasteiger partial charge >= 0.3 is 0 Å². The molecule has 0 unspecified atom stereocenters. The van der Waals surface area contributed by atoms with Crippen LogP contribution in [0.5, 0.6) is 0 Å². The van der Waals surface area contributed by atoms with Gasteiger partial charge in [-0.25, -0.2) is 4.39 Å². The summed E-state index contributed by atoms with van der Waals surface area (Å²) in [6.07, 6.45) is -0.0291. The lowest BCUT2D eigenvalue weighted by molar-refractivity contribution is -0.384. The molecule has 8 heteroatoms. The van der Waals surface area contributed by atoms with Crippen LogP contribution in [-0.4, -0.2) is 17.4 Å². The summed E-state index contributed by atoms with van der Waals surface area (Å²) in [6.45, 7) is 0.131. The van der Waals surface area contributed by atoms with Gasteiger partial charge in [0.25, 0.3) is 5.69 Å². The third-order valence-corrected chi connectivity index (χ3v) is 3.42. The number of anilines is 1. The van der Waals surface area contributed by atoms with Gasteiger partial charge in [0.1, 0.15) is 17.5 Å². The summed E-state index contributed by atoms with van der Waals surface area (Å²) in [5, 5.41) is 25.3. The van der Waals surface area contributed by atoms with E-state index < -0.39 is 22.7 Å². The molecule has 0 fully saturated rings. The van der Waals surface area contributed by atoms with Crippen LogP contribution in [0.15, 0.2) is 48.5 Å². The normalized spacial score (nSPS) is 11.2. The van der Waals surface area contributed by atoms with Gasteiger partial charge in [0.2, 0.25) is 5.91 Å². The molecule has 0 heterocycles. The number of nitrogens with zero attached hydrogens (tertiary/aromatic N) is 2. The van der Waals surface area contributed by atoms with Gasteiger partial charge in [-0.15, -0.1) is 0 Å². The van der Waals surface area contributed by atoms with Crippen LogP contribution in [0.4, 0.5) is 15.8 Å². The van der Waals surface area contributed by atoms with Crippen LogP contribution in [-0.2, 0) is 4.79 Å². The molecule has 25 heavy (non-hydrogen) atoms. The van der Waals surface area contributed by atoms with Crippen LogP contribution in [0.1, 0.15) is 18.0 Å². The van der Waals surface area contributed by atoms with E-state index in [0.717, 1.165) is 0 Å². The molecule has 0 spiro atoms. The van der Waals surface area contributed by atoms with E-state index in [-0.39, 0.29) is 24.2 Å². The van der Waals surface area contributed by atoms with Crippen molar-refractivity contribution in [3.8, 4) is 6.07 Å². The molecule has 0 aromatic heterocycles. The standard InChI is InChI=1S/C17H15FN4O3/c18-13-6-2-1-5-12(13)15(11-19)21-17(23)9-10-20-14-7-3-4-8-16(14)22(24)25/h1-8,15,20H,9-10H2,(H,21,23)/t15-/m1/s1. The van der Waals surface area contributed by atoms with Crippen molar-refractivity contribution in [2.75, 3.05) is 11.9 Å². The molecule has 0 aliphatic carbocycles. The Morgan fingerprint density at radius 2 is 1.92 bits per heavy atom. The van der Waals surface area contributed by atoms with Crippen molar-refractivity contribution in [2.45, 2.75) is 12.5 Å². The number of para-hydroxylation sites is 2. The zero-order valence-electron chi connectivity index (χ0n) is 13.1. The number of halogens is 1. The van der Waals surface area contributed by atoms with Crippen molar-refractivity contribution in [1.29, 1.82) is 5.26 Å². The first-order valence-electron chi connectivity index (χ1n) is 7.43. The quantitative estimate of drug-likeness (QED) is 0.594.